The van der Waals surface area contributed by atoms with Gasteiger partial charge in [-0.1, -0.05) is 101 Å². The van der Waals surface area contributed by atoms with Crippen LogP contribution in [0.5, 0.6) is 6.01 Å². The molecule has 18 nitrogen and oxygen atoms in total. The molecule has 4 N–H and O–H groups in total. The first kappa shape index (κ1) is 58.8. The van der Waals surface area contributed by atoms with Gasteiger partial charge >= 0.3 is 6.01 Å². The number of hydrogen-bond acceptors (Lipinski definition) is 10. The number of carbonyl (C=O) groups is 7. The first-order valence-electron chi connectivity index (χ1n) is 27.4. The van der Waals surface area contributed by atoms with Crippen LogP contribution in [-0.4, -0.2) is 141 Å². The van der Waals surface area contributed by atoms with E-state index in [1.54, 1.807) is 24.4 Å². The molecule has 7 rings (SSSR count). The molecule has 0 saturated carbocycles. The van der Waals surface area contributed by atoms with Crippen LogP contribution in [-0.2, 0) is 58.4 Å². The lowest BCUT2D eigenvalue weighted by molar-refractivity contribution is -0.150. The smallest absolute Gasteiger partial charge is 0.316 e. The predicted octanol–water partition coefficient (Wildman–Crippen LogP) is 5.81. The number of ether oxygens (including phenoxy) is 1. The van der Waals surface area contributed by atoms with Crippen molar-refractivity contribution in [1.82, 2.24) is 50.5 Å². The Morgan fingerprint density at radius 2 is 1.33 bits per heavy atom. The average molecular weight is 1080 g/mol. The van der Waals surface area contributed by atoms with Crippen LogP contribution in [0.25, 0.3) is 21.8 Å². The van der Waals surface area contributed by atoms with E-state index in [4.69, 9.17) is 4.74 Å². The van der Waals surface area contributed by atoms with E-state index in [1.807, 2.05) is 121 Å². The number of para-hydroxylation sites is 1. The molecular weight excluding hydrogens is 1000 g/mol. The first-order chi connectivity index (χ1) is 37.6. The summed E-state index contributed by atoms with van der Waals surface area (Å²) < 4.78 is 7.30. The van der Waals surface area contributed by atoms with Gasteiger partial charge in [0.15, 0.2) is 0 Å². The first-order valence-corrected chi connectivity index (χ1v) is 27.4. The zero-order valence-electron chi connectivity index (χ0n) is 47.3. The molecule has 420 valence electrons. The Balaban J connectivity index is 1.38. The molecule has 2 aliphatic rings. The number of amides is 7. The number of rotatable bonds is 13. The molecule has 7 amide bonds. The van der Waals surface area contributed by atoms with Crippen molar-refractivity contribution in [2.24, 2.45) is 11.8 Å². The van der Waals surface area contributed by atoms with E-state index in [1.165, 1.54) is 42.8 Å². The molecule has 0 spiro atoms. The van der Waals surface area contributed by atoms with Crippen molar-refractivity contribution in [2.45, 2.75) is 141 Å². The third-order valence-electron chi connectivity index (χ3n) is 15.1. The van der Waals surface area contributed by atoms with Crippen LogP contribution in [0, 0.1) is 11.8 Å². The fraction of sp³-hybridized carbons (Fsp3) is 0.459. The number of likely N-dealkylation sites (N-methyl/N-ethyl adjacent to an activating group) is 2. The summed E-state index contributed by atoms with van der Waals surface area (Å²) in [4.78, 5) is 118. The molecule has 0 unspecified atom stereocenters. The summed E-state index contributed by atoms with van der Waals surface area (Å²) in [6, 6.07) is 14.1. The number of methoxy groups -OCH3 is 1. The largest absolute Gasteiger partial charge is 0.467 e. The van der Waals surface area contributed by atoms with Gasteiger partial charge in [0.05, 0.1) is 18.2 Å². The molecule has 2 bridgehead atoms. The minimum absolute atomic E-state index is 0.0210. The van der Waals surface area contributed by atoms with Crippen molar-refractivity contribution in [1.29, 1.82) is 0 Å². The second kappa shape index (κ2) is 25.7. The van der Waals surface area contributed by atoms with Gasteiger partial charge in [-0.05, 0) is 93.2 Å². The number of carbonyl (C=O) groups excluding carboxylic acids is 7. The summed E-state index contributed by atoms with van der Waals surface area (Å²) >= 11 is 0. The molecule has 79 heavy (non-hydrogen) atoms. The Bertz CT molecular complexity index is 3080. The summed E-state index contributed by atoms with van der Waals surface area (Å²) in [7, 11) is 4.48. The lowest BCUT2D eigenvalue weighted by atomic mass is 9.97. The number of nitrogens with one attached hydrogen (secondary N) is 4. The van der Waals surface area contributed by atoms with Gasteiger partial charge in [0.1, 0.15) is 42.3 Å². The Morgan fingerprint density at radius 1 is 0.709 bits per heavy atom. The molecule has 1 saturated heterocycles. The second-order valence-electron chi connectivity index (χ2n) is 22.4. The van der Waals surface area contributed by atoms with Gasteiger partial charge in [-0.15, -0.1) is 6.58 Å². The van der Waals surface area contributed by atoms with E-state index in [0.29, 0.717) is 22.9 Å². The van der Waals surface area contributed by atoms with Crippen molar-refractivity contribution in [3.63, 3.8) is 0 Å². The summed E-state index contributed by atoms with van der Waals surface area (Å²) in [6.45, 7) is 17.5. The third-order valence-corrected chi connectivity index (χ3v) is 15.1. The summed E-state index contributed by atoms with van der Waals surface area (Å²) in [5.41, 5.74) is 3.00. The molecular formula is C61H78N10O8. The quantitative estimate of drug-likeness (QED) is 0.104. The number of hydrogen-bond donors (Lipinski definition) is 4. The molecule has 0 aliphatic carbocycles. The van der Waals surface area contributed by atoms with Crippen molar-refractivity contribution in [3.05, 3.63) is 127 Å². The molecule has 5 aromatic rings. The van der Waals surface area contributed by atoms with Gasteiger partial charge in [0.2, 0.25) is 41.4 Å². The molecule has 1 fully saturated rings. The molecule has 4 heterocycles. The minimum atomic E-state index is -1.30. The highest BCUT2D eigenvalue weighted by Gasteiger charge is 2.41. The van der Waals surface area contributed by atoms with E-state index in [-0.39, 0.29) is 62.9 Å². The Kier molecular flexibility index (Phi) is 19.1. The van der Waals surface area contributed by atoms with Gasteiger partial charge in [-0.25, -0.2) is 4.98 Å². The third kappa shape index (κ3) is 14.1. The van der Waals surface area contributed by atoms with Crippen LogP contribution in [0.3, 0.4) is 0 Å². The number of fused-ring (bicyclic) bond motifs is 4. The molecule has 7 atom stereocenters. The Hall–Kier alpha value is -7.89. The van der Waals surface area contributed by atoms with Crippen molar-refractivity contribution >= 4 is 63.2 Å². The van der Waals surface area contributed by atoms with E-state index in [2.05, 4.69) is 42.4 Å². The number of aromatic nitrogens is 3. The van der Waals surface area contributed by atoms with E-state index < -0.39 is 89.2 Å². The monoisotopic (exact) mass is 1080 g/mol. The summed E-state index contributed by atoms with van der Waals surface area (Å²) in [5.74, 6) is -4.45. The van der Waals surface area contributed by atoms with Gasteiger partial charge in [0, 0.05) is 68.6 Å². The van der Waals surface area contributed by atoms with Crippen LogP contribution in [0.1, 0.15) is 90.8 Å². The number of benzene rings is 3. The van der Waals surface area contributed by atoms with Gasteiger partial charge in [0.25, 0.3) is 0 Å². The van der Waals surface area contributed by atoms with Crippen LogP contribution in [0.4, 0.5) is 0 Å². The summed E-state index contributed by atoms with van der Waals surface area (Å²) in [5, 5.41) is 13.4. The van der Waals surface area contributed by atoms with Crippen molar-refractivity contribution < 1.29 is 38.3 Å². The zero-order valence-corrected chi connectivity index (χ0v) is 47.3. The van der Waals surface area contributed by atoms with Gasteiger partial charge in [-0.3, -0.25) is 33.6 Å². The maximum atomic E-state index is 15.6. The van der Waals surface area contributed by atoms with Crippen molar-refractivity contribution in [2.75, 3.05) is 27.7 Å². The highest BCUT2D eigenvalue weighted by atomic mass is 16.5. The van der Waals surface area contributed by atoms with Crippen molar-refractivity contribution in [3.8, 4) is 6.01 Å². The zero-order chi connectivity index (χ0) is 57.3. The normalized spacial score (nSPS) is 23.2. The fourth-order valence-corrected chi connectivity index (χ4v) is 10.5. The van der Waals surface area contributed by atoms with Crippen LogP contribution < -0.4 is 26.0 Å². The van der Waals surface area contributed by atoms with Crippen LogP contribution in [0.15, 0.2) is 110 Å². The summed E-state index contributed by atoms with van der Waals surface area (Å²) in [6.07, 6.45) is 10.0. The van der Waals surface area contributed by atoms with E-state index in [9.17, 15) is 9.59 Å². The lowest BCUT2D eigenvalue weighted by Crippen LogP contribution is -2.61. The van der Waals surface area contributed by atoms with E-state index >= 15 is 24.0 Å². The molecule has 0 radical (unpaired) electrons. The SMILES string of the molecule is C=CC(C)(C)n1cc(C[C@@H]2NC(=O)[C@H](Cc3ccccc3)NC(=O)[C@H](CC(C)C)N3CC/C=C\C[C@@H](C3=O)N(C)C(=O)[C@H](C)NC(=O)[C@H](Cc3ccc4nc(OC)ncc4c3)NC(=O)[C@H](CC(C)C)N(C)C2=O)c2ccccc21. The molecule has 3 aromatic carbocycles. The average Bonchev–Trinajstić information content (AvgIpc) is 3.98. The maximum Gasteiger partial charge on any atom is 0.316 e. The molecule has 2 aliphatic heterocycles. The predicted molar refractivity (Wildman–Crippen MR) is 304 cm³/mol. The molecule has 18 heteroatoms. The van der Waals surface area contributed by atoms with Gasteiger partial charge in [-0.2, -0.15) is 4.98 Å². The maximum absolute atomic E-state index is 15.6. The standard InChI is InChI=1S/C61H78N10O8/c1-12-61(7,8)71-36-43(44-23-18-19-24-49(44)71)34-48-58(77)69(10)51(29-37(2)3)55(74)64-47(33-41-26-27-45-42(31-41)35-62-60(67-45)79-11)53(72)63-39(6)57(76)68(9)50-25-17-14-20-28-70(59(50)78)52(30-38(4)5)56(75)65-46(54(73)66-48)32-40-21-15-13-16-22-40/h12-19,21-24,26-27,31,35-39,46-48,50-52H,1,20,25,28-30,32-34H2,2-11H3,(H,63,72)(H,64,74)(H,65,75)(H,66,73)/b17-14-/t39-,46-,47-,48-,50-,51-,52-/m0/s1. The Morgan fingerprint density at radius 3 is 2.00 bits per heavy atom. The van der Waals surface area contributed by atoms with E-state index in [0.717, 1.165) is 22.0 Å². The fourth-order valence-electron chi connectivity index (χ4n) is 10.5. The van der Waals surface area contributed by atoms with Crippen LogP contribution in [0.2, 0.25) is 0 Å². The Labute approximate surface area is 463 Å². The number of nitrogens with zero attached hydrogens (tertiary/aromatic N) is 6. The highest BCUT2D eigenvalue weighted by molar-refractivity contribution is 5.99. The topological polar surface area (TPSA) is 217 Å². The number of allylic oxidation sites excluding steroid dienone is 1. The lowest BCUT2D eigenvalue weighted by Gasteiger charge is -2.38. The minimum Gasteiger partial charge on any atom is -0.467 e. The molecule has 2 aromatic heterocycles. The van der Waals surface area contributed by atoms with Crippen LogP contribution >= 0.6 is 0 Å². The van der Waals surface area contributed by atoms with Gasteiger partial charge < -0.3 is 45.3 Å². The highest BCUT2D eigenvalue weighted by Crippen LogP contribution is 2.30. The second-order valence-corrected chi connectivity index (χ2v) is 22.4.